The van der Waals surface area contributed by atoms with Crippen LogP contribution in [0.4, 0.5) is 0 Å². The van der Waals surface area contributed by atoms with Crippen molar-refractivity contribution in [2.75, 3.05) is 7.11 Å². The minimum Gasteiger partial charge on any atom is -0.481 e. The van der Waals surface area contributed by atoms with Gasteiger partial charge in [-0.05, 0) is 19.3 Å². The zero-order valence-electron chi connectivity index (χ0n) is 12.0. The molecule has 0 spiro atoms. The molecule has 1 N–H and O–H groups in total. The first-order valence-electron chi connectivity index (χ1n) is 6.89. The summed E-state index contributed by atoms with van der Waals surface area (Å²) < 4.78 is 4.82. The fourth-order valence-corrected chi connectivity index (χ4v) is 2.88. The van der Waals surface area contributed by atoms with Crippen molar-refractivity contribution in [2.24, 2.45) is 11.3 Å². The second-order valence-electron chi connectivity index (χ2n) is 4.51. The van der Waals surface area contributed by atoms with Gasteiger partial charge in [0.2, 0.25) is 0 Å². The molecule has 1 aliphatic rings. The highest BCUT2D eigenvalue weighted by Crippen LogP contribution is 2.45. The van der Waals surface area contributed by atoms with Crippen LogP contribution in [-0.4, -0.2) is 24.2 Å². The average molecular weight is 258 g/mol. The lowest BCUT2D eigenvalue weighted by Gasteiger charge is -2.38. The van der Waals surface area contributed by atoms with Crippen molar-refractivity contribution < 1.29 is 19.4 Å². The van der Waals surface area contributed by atoms with E-state index in [-0.39, 0.29) is 5.97 Å². The largest absolute Gasteiger partial charge is 0.481 e. The molecule has 0 amide bonds. The minimum atomic E-state index is -0.880. The minimum absolute atomic E-state index is 0.346. The van der Waals surface area contributed by atoms with Crippen molar-refractivity contribution in [3.8, 4) is 0 Å². The van der Waals surface area contributed by atoms with Crippen molar-refractivity contribution in [3.63, 3.8) is 0 Å². The molecule has 0 radical (unpaired) electrons. The molecule has 4 heteroatoms. The number of carbonyl (C=O) groups excluding carboxylic acids is 1. The average Bonchev–Trinajstić information content (AvgIpc) is 2.41. The summed E-state index contributed by atoms with van der Waals surface area (Å²) in [6.07, 6.45) is 4.67. The Balaban J connectivity index is 0.00000137. The monoisotopic (exact) mass is 258 g/mol. The first-order valence-corrected chi connectivity index (χ1v) is 6.89. The molecule has 1 unspecified atom stereocenters. The predicted molar refractivity (Wildman–Crippen MR) is 70.3 cm³/mol. The maximum absolute atomic E-state index is 11.9. The molecular formula is C14H26O4. The zero-order chi connectivity index (χ0) is 14.2. The fraction of sp³-hybridized carbons (Fsp3) is 0.857. The van der Waals surface area contributed by atoms with Gasteiger partial charge in [-0.3, -0.25) is 9.59 Å². The first-order chi connectivity index (χ1) is 8.58. The van der Waals surface area contributed by atoms with E-state index < -0.39 is 17.3 Å². The standard InChI is InChI=1S/C12H20O4.C2H6/c1-3-9(10(13)14)12(11(15)16-2)7-5-4-6-8-12;1-2/h9H,3-8H2,1-2H3,(H,13,14);1-2H3. The van der Waals surface area contributed by atoms with Crippen LogP contribution < -0.4 is 0 Å². The molecule has 1 rings (SSSR count). The van der Waals surface area contributed by atoms with Gasteiger partial charge in [-0.1, -0.05) is 40.0 Å². The Bertz CT molecular complexity index is 267. The smallest absolute Gasteiger partial charge is 0.312 e. The summed E-state index contributed by atoms with van der Waals surface area (Å²) in [5.74, 6) is -1.84. The molecular weight excluding hydrogens is 232 g/mol. The van der Waals surface area contributed by atoms with Crippen LogP contribution in [0.5, 0.6) is 0 Å². The molecule has 0 aromatic carbocycles. The van der Waals surface area contributed by atoms with E-state index in [1.807, 2.05) is 20.8 Å². The van der Waals surface area contributed by atoms with Gasteiger partial charge < -0.3 is 9.84 Å². The Labute approximate surface area is 110 Å². The van der Waals surface area contributed by atoms with Gasteiger partial charge >= 0.3 is 11.9 Å². The first kappa shape index (κ1) is 16.9. The van der Waals surface area contributed by atoms with Gasteiger partial charge in [0.05, 0.1) is 18.4 Å². The van der Waals surface area contributed by atoms with Gasteiger partial charge in [0.15, 0.2) is 0 Å². The third kappa shape index (κ3) is 3.47. The van der Waals surface area contributed by atoms with E-state index in [2.05, 4.69) is 0 Å². The van der Waals surface area contributed by atoms with Gasteiger partial charge in [0.25, 0.3) is 0 Å². The van der Waals surface area contributed by atoms with Crippen LogP contribution in [0.3, 0.4) is 0 Å². The molecule has 0 aromatic rings. The Morgan fingerprint density at radius 1 is 1.22 bits per heavy atom. The summed E-state index contributed by atoms with van der Waals surface area (Å²) in [5.41, 5.74) is -0.784. The van der Waals surface area contributed by atoms with Crippen molar-refractivity contribution in [3.05, 3.63) is 0 Å². The quantitative estimate of drug-likeness (QED) is 0.786. The molecule has 1 fully saturated rings. The predicted octanol–water partition coefficient (Wildman–Crippen LogP) is 3.25. The lowest BCUT2D eigenvalue weighted by molar-refractivity contribution is -0.168. The number of aliphatic carboxylic acids is 1. The van der Waals surface area contributed by atoms with Gasteiger partial charge in [0, 0.05) is 0 Å². The number of rotatable bonds is 4. The maximum Gasteiger partial charge on any atom is 0.312 e. The number of carbonyl (C=O) groups is 2. The molecule has 106 valence electrons. The number of ether oxygens (including phenoxy) is 1. The SMILES string of the molecule is CC.CCC(C(=O)O)C1(C(=O)OC)CCCCC1. The summed E-state index contributed by atoms with van der Waals surface area (Å²) in [4.78, 5) is 23.2. The zero-order valence-corrected chi connectivity index (χ0v) is 12.0. The molecule has 0 bridgehead atoms. The fourth-order valence-electron chi connectivity index (χ4n) is 2.88. The second kappa shape index (κ2) is 8.11. The summed E-state index contributed by atoms with van der Waals surface area (Å²) in [6.45, 7) is 5.82. The van der Waals surface area contributed by atoms with E-state index in [0.717, 1.165) is 19.3 Å². The molecule has 1 atom stereocenters. The van der Waals surface area contributed by atoms with Crippen LogP contribution in [0.2, 0.25) is 0 Å². The highest BCUT2D eigenvalue weighted by Gasteiger charge is 2.49. The number of carboxylic acid groups (broad SMARTS) is 1. The van der Waals surface area contributed by atoms with Crippen LogP contribution in [-0.2, 0) is 14.3 Å². The molecule has 0 aliphatic heterocycles. The number of hydrogen-bond acceptors (Lipinski definition) is 3. The van der Waals surface area contributed by atoms with Gasteiger partial charge in [-0.2, -0.15) is 0 Å². The lowest BCUT2D eigenvalue weighted by Crippen LogP contribution is -2.44. The third-order valence-corrected chi connectivity index (χ3v) is 3.71. The van der Waals surface area contributed by atoms with E-state index in [0.29, 0.717) is 19.3 Å². The Morgan fingerprint density at radius 3 is 2.06 bits per heavy atom. The van der Waals surface area contributed by atoms with E-state index in [1.54, 1.807) is 0 Å². The van der Waals surface area contributed by atoms with Crippen molar-refractivity contribution in [2.45, 2.75) is 59.3 Å². The number of carboxylic acids is 1. The summed E-state index contributed by atoms with van der Waals surface area (Å²) in [7, 11) is 1.34. The third-order valence-electron chi connectivity index (χ3n) is 3.71. The van der Waals surface area contributed by atoms with Crippen molar-refractivity contribution in [1.82, 2.24) is 0 Å². The van der Waals surface area contributed by atoms with E-state index >= 15 is 0 Å². The maximum atomic E-state index is 11.9. The number of esters is 1. The lowest BCUT2D eigenvalue weighted by atomic mass is 9.65. The van der Waals surface area contributed by atoms with Crippen LogP contribution >= 0.6 is 0 Å². The summed E-state index contributed by atoms with van der Waals surface area (Å²) >= 11 is 0. The molecule has 4 nitrogen and oxygen atoms in total. The van der Waals surface area contributed by atoms with Gasteiger partial charge in [-0.25, -0.2) is 0 Å². The van der Waals surface area contributed by atoms with Crippen molar-refractivity contribution in [1.29, 1.82) is 0 Å². The van der Waals surface area contributed by atoms with E-state index in [1.165, 1.54) is 7.11 Å². The van der Waals surface area contributed by atoms with Crippen LogP contribution in [0.25, 0.3) is 0 Å². The second-order valence-corrected chi connectivity index (χ2v) is 4.51. The highest BCUT2D eigenvalue weighted by molar-refractivity contribution is 5.84. The normalized spacial score (nSPS) is 19.1. The molecule has 0 saturated heterocycles. The molecule has 0 heterocycles. The molecule has 1 aliphatic carbocycles. The van der Waals surface area contributed by atoms with Crippen molar-refractivity contribution >= 4 is 11.9 Å². The van der Waals surface area contributed by atoms with Gasteiger partial charge in [-0.15, -0.1) is 0 Å². The van der Waals surface area contributed by atoms with Gasteiger partial charge in [0.1, 0.15) is 0 Å². The van der Waals surface area contributed by atoms with E-state index in [4.69, 9.17) is 4.74 Å². The number of hydrogen-bond donors (Lipinski definition) is 1. The van der Waals surface area contributed by atoms with Crippen LogP contribution in [0.1, 0.15) is 59.3 Å². The Morgan fingerprint density at radius 2 is 1.72 bits per heavy atom. The highest BCUT2D eigenvalue weighted by atomic mass is 16.5. The molecule has 18 heavy (non-hydrogen) atoms. The van der Waals surface area contributed by atoms with Crippen LogP contribution in [0, 0.1) is 11.3 Å². The summed E-state index contributed by atoms with van der Waals surface area (Å²) in [6, 6.07) is 0. The topological polar surface area (TPSA) is 63.6 Å². The Kier molecular flexibility index (Phi) is 7.64. The summed E-state index contributed by atoms with van der Waals surface area (Å²) in [5, 5.41) is 9.23. The Hall–Kier alpha value is -1.06. The molecule has 0 aromatic heterocycles. The van der Waals surface area contributed by atoms with Crippen LogP contribution in [0.15, 0.2) is 0 Å². The number of methoxy groups -OCH3 is 1. The molecule has 1 saturated carbocycles. The van der Waals surface area contributed by atoms with E-state index in [9.17, 15) is 14.7 Å².